The van der Waals surface area contributed by atoms with Crippen LogP contribution in [0.1, 0.15) is 29.1 Å². The van der Waals surface area contributed by atoms with Crippen LogP contribution in [0.2, 0.25) is 0 Å². The second kappa shape index (κ2) is 7.77. The van der Waals surface area contributed by atoms with E-state index in [2.05, 4.69) is 25.3 Å². The molecule has 5 rings (SSSR count). The lowest BCUT2D eigenvalue weighted by molar-refractivity contribution is -0.113. The Morgan fingerprint density at radius 3 is 2.87 bits per heavy atom. The fourth-order valence-corrected chi connectivity index (χ4v) is 5.80. The van der Waals surface area contributed by atoms with E-state index in [9.17, 15) is 14.4 Å². The van der Waals surface area contributed by atoms with E-state index in [-0.39, 0.29) is 22.9 Å². The zero-order chi connectivity index (χ0) is 20.7. The number of aromatic nitrogens is 4. The van der Waals surface area contributed by atoms with Gasteiger partial charge in [0.2, 0.25) is 5.91 Å². The summed E-state index contributed by atoms with van der Waals surface area (Å²) in [6.07, 6.45) is 4.28. The van der Waals surface area contributed by atoms with E-state index < -0.39 is 0 Å². The average Bonchev–Trinajstić information content (AvgIpc) is 3.26. The number of anilines is 1. The van der Waals surface area contributed by atoms with Crippen molar-refractivity contribution in [2.45, 2.75) is 31.4 Å². The molecule has 0 fully saturated rings. The minimum Gasteiger partial charge on any atom is -0.325 e. The van der Waals surface area contributed by atoms with Gasteiger partial charge in [0.1, 0.15) is 10.7 Å². The Labute approximate surface area is 178 Å². The van der Waals surface area contributed by atoms with Crippen molar-refractivity contribution in [3.8, 4) is 0 Å². The van der Waals surface area contributed by atoms with Crippen molar-refractivity contribution in [2.24, 2.45) is 0 Å². The van der Waals surface area contributed by atoms with Crippen molar-refractivity contribution in [3.05, 3.63) is 55.3 Å². The summed E-state index contributed by atoms with van der Waals surface area (Å²) >= 11 is 3.01. The van der Waals surface area contributed by atoms with Gasteiger partial charge in [-0.3, -0.25) is 9.59 Å². The SMILES string of the molecule is O=C(CSCc1nc2sc3c(c2c(=O)[nH]1)CCCC3)Nc1ccc2[nH]c(=O)[nH]c2c1. The molecular formula is C20H19N5O3S2. The van der Waals surface area contributed by atoms with Gasteiger partial charge in [-0.05, 0) is 49.4 Å². The van der Waals surface area contributed by atoms with Crippen LogP contribution in [0.3, 0.4) is 0 Å². The third-order valence-electron chi connectivity index (χ3n) is 5.15. The zero-order valence-electron chi connectivity index (χ0n) is 16.0. The number of hydrogen-bond acceptors (Lipinski definition) is 6. The number of nitrogens with zero attached hydrogens (tertiary/aromatic N) is 1. The van der Waals surface area contributed by atoms with Gasteiger partial charge in [0.15, 0.2) is 0 Å². The summed E-state index contributed by atoms with van der Waals surface area (Å²) in [5.74, 6) is 1.11. The molecule has 10 heteroatoms. The number of rotatable bonds is 5. The number of imidazole rings is 1. The summed E-state index contributed by atoms with van der Waals surface area (Å²) in [7, 11) is 0. The Morgan fingerprint density at radius 1 is 1.13 bits per heavy atom. The maximum atomic E-state index is 12.6. The first-order valence-corrected chi connectivity index (χ1v) is 11.7. The first-order valence-electron chi connectivity index (χ1n) is 9.70. The Hall–Kier alpha value is -2.85. The summed E-state index contributed by atoms with van der Waals surface area (Å²) in [6.45, 7) is 0. The van der Waals surface area contributed by atoms with Gasteiger partial charge in [-0.2, -0.15) is 0 Å². The number of H-pyrrole nitrogens is 3. The highest BCUT2D eigenvalue weighted by Crippen LogP contribution is 2.33. The minimum atomic E-state index is -0.283. The number of aromatic amines is 3. The van der Waals surface area contributed by atoms with Crippen LogP contribution >= 0.6 is 23.1 Å². The molecule has 30 heavy (non-hydrogen) atoms. The molecule has 3 aromatic heterocycles. The lowest BCUT2D eigenvalue weighted by Gasteiger charge is -2.09. The molecule has 154 valence electrons. The molecule has 0 saturated heterocycles. The van der Waals surface area contributed by atoms with Crippen molar-refractivity contribution < 1.29 is 4.79 Å². The van der Waals surface area contributed by atoms with E-state index in [1.54, 1.807) is 29.5 Å². The van der Waals surface area contributed by atoms with Crippen LogP contribution < -0.4 is 16.6 Å². The second-order valence-electron chi connectivity index (χ2n) is 7.28. The quantitative estimate of drug-likeness (QED) is 0.379. The molecule has 0 radical (unpaired) electrons. The van der Waals surface area contributed by atoms with Crippen LogP contribution in [0.5, 0.6) is 0 Å². The normalized spacial score (nSPS) is 13.6. The van der Waals surface area contributed by atoms with Crippen LogP contribution in [0.15, 0.2) is 27.8 Å². The average molecular weight is 442 g/mol. The molecule has 0 aliphatic heterocycles. The largest absolute Gasteiger partial charge is 0.325 e. The van der Waals surface area contributed by atoms with Gasteiger partial charge in [-0.25, -0.2) is 9.78 Å². The Bertz CT molecular complexity index is 1380. The third-order valence-corrected chi connectivity index (χ3v) is 7.28. The number of nitrogens with one attached hydrogen (secondary N) is 4. The van der Waals surface area contributed by atoms with Gasteiger partial charge in [0, 0.05) is 10.6 Å². The summed E-state index contributed by atoms with van der Waals surface area (Å²) < 4.78 is 0. The standard InChI is InChI=1S/C20H19N5O3S2/c26-16(21-10-5-6-12-13(7-10)23-20(28)22-12)9-29-8-15-24-18(27)17-11-3-1-2-4-14(11)30-19(17)25-15/h5-7H,1-4,8-9H2,(H,21,26)(H2,22,23,28)(H,24,25,27). The molecule has 1 aromatic carbocycles. The number of thioether (sulfide) groups is 1. The van der Waals surface area contributed by atoms with Gasteiger partial charge in [-0.15, -0.1) is 23.1 Å². The number of amides is 1. The molecule has 0 unspecified atom stereocenters. The van der Waals surface area contributed by atoms with Gasteiger partial charge in [0.05, 0.1) is 27.9 Å². The second-order valence-corrected chi connectivity index (χ2v) is 9.35. The van der Waals surface area contributed by atoms with Gasteiger partial charge < -0.3 is 20.3 Å². The lowest BCUT2D eigenvalue weighted by Crippen LogP contribution is -2.15. The summed E-state index contributed by atoms with van der Waals surface area (Å²) in [4.78, 5) is 51.1. The highest BCUT2D eigenvalue weighted by Gasteiger charge is 2.19. The minimum absolute atomic E-state index is 0.0757. The molecule has 0 bridgehead atoms. The van der Waals surface area contributed by atoms with Crippen LogP contribution in [0.4, 0.5) is 5.69 Å². The van der Waals surface area contributed by atoms with Gasteiger partial charge in [0.25, 0.3) is 5.56 Å². The summed E-state index contributed by atoms with van der Waals surface area (Å²) in [5, 5.41) is 3.57. The molecule has 0 saturated carbocycles. The van der Waals surface area contributed by atoms with E-state index in [1.807, 2.05) is 0 Å². The molecule has 1 aliphatic rings. The summed E-state index contributed by atoms with van der Waals surface area (Å²) in [5.41, 5.74) is 2.75. The number of hydrogen-bond donors (Lipinski definition) is 4. The molecule has 1 amide bonds. The van der Waals surface area contributed by atoms with Crippen molar-refractivity contribution in [1.29, 1.82) is 0 Å². The highest BCUT2D eigenvalue weighted by molar-refractivity contribution is 7.99. The molecule has 3 heterocycles. The van der Waals surface area contributed by atoms with Crippen LogP contribution in [0, 0.1) is 0 Å². The van der Waals surface area contributed by atoms with Crippen LogP contribution in [-0.2, 0) is 23.4 Å². The first-order chi connectivity index (χ1) is 14.6. The van der Waals surface area contributed by atoms with E-state index in [0.717, 1.165) is 29.5 Å². The number of carbonyl (C=O) groups excluding carboxylic acids is 1. The number of thiophene rings is 1. The van der Waals surface area contributed by atoms with Crippen molar-refractivity contribution in [1.82, 2.24) is 19.9 Å². The van der Waals surface area contributed by atoms with Crippen LogP contribution in [0.25, 0.3) is 21.3 Å². The Morgan fingerprint density at radius 2 is 1.97 bits per heavy atom. The smallest absolute Gasteiger partial charge is 0.323 e. The maximum Gasteiger partial charge on any atom is 0.323 e. The summed E-state index contributed by atoms with van der Waals surface area (Å²) in [6, 6.07) is 5.18. The van der Waals surface area contributed by atoms with E-state index >= 15 is 0 Å². The topological polar surface area (TPSA) is 123 Å². The lowest BCUT2D eigenvalue weighted by atomic mass is 9.97. The highest BCUT2D eigenvalue weighted by atomic mass is 32.2. The van der Waals surface area contributed by atoms with Crippen molar-refractivity contribution in [2.75, 3.05) is 11.1 Å². The van der Waals surface area contributed by atoms with E-state index in [1.165, 1.54) is 28.6 Å². The third kappa shape index (κ3) is 3.68. The monoisotopic (exact) mass is 441 g/mol. The number of fused-ring (bicyclic) bond motifs is 4. The number of aryl methyl sites for hydroxylation is 2. The first kappa shape index (κ1) is 19.1. The fraction of sp³-hybridized carbons (Fsp3) is 0.300. The molecule has 1 aliphatic carbocycles. The predicted molar refractivity (Wildman–Crippen MR) is 121 cm³/mol. The van der Waals surface area contributed by atoms with Gasteiger partial charge in [-0.1, -0.05) is 0 Å². The maximum absolute atomic E-state index is 12.6. The van der Waals surface area contributed by atoms with Crippen LogP contribution in [-0.4, -0.2) is 31.6 Å². The molecule has 0 atom stereocenters. The molecule has 8 nitrogen and oxygen atoms in total. The predicted octanol–water partition coefficient (Wildman–Crippen LogP) is 2.90. The molecular weight excluding hydrogens is 422 g/mol. The number of carbonyl (C=O) groups is 1. The zero-order valence-corrected chi connectivity index (χ0v) is 17.6. The Balaban J connectivity index is 1.23. The molecule has 4 aromatic rings. The fourth-order valence-electron chi connectivity index (χ4n) is 3.82. The van der Waals surface area contributed by atoms with E-state index in [0.29, 0.717) is 28.3 Å². The van der Waals surface area contributed by atoms with E-state index in [4.69, 9.17) is 0 Å². The molecule has 0 spiro atoms. The van der Waals surface area contributed by atoms with Gasteiger partial charge >= 0.3 is 5.69 Å². The molecule has 4 N–H and O–H groups in total. The Kier molecular flexibility index (Phi) is 4.95. The van der Waals surface area contributed by atoms with Crippen molar-refractivity contribution >= 4 is 55.9 Å². The van der Waals surface area contributed by atoms with Crippen molar-refractivity contribution in [3.63, 3.8) is 0 Å². The number of benzene rings is 1.